The minimum absolute atomic E-state index is 0.0913. The number of H-pyrrole nitrogens is 1. The van der Waals surface area contributed by atoms with Crippen LogP contribution in [-0.4, -0.2) is 53.0 Å². The van der Waals surface area contributed by atoms with Crippen molar-refractivity contribution >= 4 is 11.8 Å². The number of benzene rings is 1. The lowest BCUT2D eigenvalue weighted by atomic mass is 10.1. The highest BCUT2D eigenvalue weighted by molar-refractivity contribution is 5.97. The van der Waals surface area contributed by atoms with Crippen LogP contribution in [-0.2, 0) is 9.53 Å². The topological polar surface area (TPSA) is 74.4 Å². The first-order valence-electron chi connectivity index (χ1n) is 11.1. The van der Waals surface area contributed by atoms with Crippen LogP contribution >= 0.6 is 0 Å². The van der Waals surface area contributed by atoms with Crippen molar-refractivity contribution in [2.24, 2.45) is 0 Å². The summed E-state index contributed by atoms with van der Waals surface area (Å²) in [4.78, 5) is 31.4. The second-order valence-electron chi connectivity index (χ2n) is 8.36. The zero-order chi connectivity index (χ0) is 20.9. The van der Waals surface area contributed by atoms with E-state index in [2.05, 4.69) is 10.3 Å². The van der Waals surface area contributed by atoms with Crippen molar-refractivity contribution in [2.45, 2.75) is 63.6 Å². The quantitative estimate of drug-likeness (QED) is 0.731. The van der Waals surface area contributed by atoms with E-state index >= 15 is 0 Å². The number of carbonyl (C=O) groups excluding carboxylic acids is 2. The summed E-state index contributed by atoms with van der Waals surface area (Å²) in [6, 6.07) is 13.3. The minimum Gasteiger partial charge on any atom is -0.376 e. The van der Waals surface area contributed by atoms with Crippen molar-refractivity contribution in [3.63, 3.8) is 0 Å². The third kappa shape index (κ3) is 4.59. The smallest absolute Gasteiger partial charge is 0.271 e. The lowest BCUT2D eigenvalue weighted by Crippen LogP contribution is -2.52. The third-order valence-electron chi connectivity index (χ3n) is 6.28. The monoisotopic (exact) mass is 409 g/mol. The molecule has 1 aromatic carbocycles. The highest BCUT2D eigenvalue weighted by Crippen LogP contribution is 2.28. The highest BCUT2D eigenvalue weighted by atomic mass is 16.5. The number of carbonyl (C=O) groups is 2. The van der Waals surface area contributed by atoms with Gasteiger partial charge in [0, 0.05) is 24.9 Å². The van der Waals surface area contributed by atoms with Crippen LogP contribution in [0.25, 0.3) is 11.3 Å². The molecule has 2 aliphatic rings. The van der Waals surface area contributed by atoms with Gasteiger partial charge in [0.2, 0.25) is 5.91 Å². The fourth-order valence-electron chi connectivity index (χ4n) is 4.58. The Balaban J connectivity index is 1.49. The van der Waals surface area contributed by atoms with Crippen LogP contribution in [0.2, 0.25) is 0 Å². The molecule has 30 heavy (non-hydrogen) atoms. The Hall–Kier alpha value is -2.60. The van der Waals surface area contributed by atoms with Gasteiger partial charge in [-0.25, -0.2) is 0 Å². The third-order valence-corrected chi connectivity index (χ3v) is 6.28. The van der Waals surface area contributed by atoms with E-state index in [9.17, 15) is 9.59 Å². The summed E-state index contributed by atoms with van der Waals surface area (Å²) in [5, 5.41) is 3.00. The summed E-state index contributed by atoms with van der Waals surface area (Å²) in [7, 11) is 0. The Morgan fingerprint density at radius 2 is 1.87 bits per heavy atom. The molecule has 1 aromatic heterocycles. The molecular formula is C24H31N3O3. The highest BCUT2D eigenvalue weighted by Gasteiger charge is 2.35. The first kappa shape index (κ1) is 20.7. The predicted octanol–water partition coefficient (Wildman–Crippen LogP) is 3.75. The van der Waals surface area contributed by atoms with Crippen molar-refractivity contribution < 1.29 is 14.3 Å². The zero-order valence-corrected chi connectivity index (χ0v) is 17.6. The normalized spacial score (nSPS) is 20.2. The molecule has 2 aromatic rings. The second-order valence-corrected chi connectivity index (χ2v) is 8.36. The van der Waals surface area contributed by atoms with Crippen molar-refractivity contribution in [1.29, 1.82) is 0 Å². The molecule has 1 saturated carbocycles. The van der Waals surface area contributed by atoms with Gasteiger partial charge in [0.05, 0.1) is 6.10 Å². The largest absolute Gasteiger partial charge is 0.376 e. The summed E-state index contributed by atoms with van der Waals surface area (Å²) < 4.78 is 5.60. The maximum atomic E-state index is 13.5. The van der Waals surface area contributed by atoms with E-state index in [0.717, 1.165) is 56.4 Å². The van der Waals surface area contributed by atoms with Crippen molar-refractivity contribution in [1.82, 2.24) is 15.2 Å². The van der Waals surface area contributed by atoms with Gasteiger partial charge < -0.3 is 19.9 Å². The van der Waals surface area contributed by atoms with Gasteiger partial charge in [-0.15, -0.1) is 0 Å². The molecule has 4 rings (SSSR count). The van der Waals surface area contributed by atoms with Crippen LogP contribution < -0.4 is 5.32 Å². The van der Waals surface area contributed by atoms with E-state index in [0.29, 0.717) is 12.2 Å². The Labute approximate surface area is 178 Å². The Morgan fingerprint density at radius 3 is 2.57 bits per heavy atom. The lowest BCUT2D eigenvalue weighted by molar-refractivity contribution is -0.126. The molecule has 0 spiro atoms. The average molecular weight is 410 g/mol. The molecule has 1 aliphatic carbocycles. The maximum absolute atomic E-state index is 13.5. The average Bonchev–Trinajstić information content (AvgIpc) is 3.55. The first-order valence-corrected chi connectivity index (χ1v) is 11.1. The molecule has 2 N–H and O–H groups in total. The van der Waals surface area contributed by atoms with Crippen LogP contribution in [0.5, 0.6) is 0 Å². The fourth-order valence-corrected chi connectivity index (χ4v) is 4.58. The van der Waals surface area contributed by atoms with Crippen LogP contribution in [0.4, 0.5) is 0 Å². The first-order chi connectivity index (χ1) is 14.6. The van der Waals surface area contributed by atoms with E-state index in [1.807, 2.05) is 49.4 Å². The predicted molar refractivity (Wildman–Crippen MR) is 116 cm³/mol. The zero-order valence-electron chi connectivity index (χ0n) is 17.6. The summed E-state index contributed by atoms with van der Waals surface area (Å²) in [6.07, 6.45) is 6.19. The summed E-state index contributed by atoms with van der Waals surface area (Å²) in [5.74, 6) is -0.218. The van der Waals surface area contributed by atoms with Gasteiger partial charge in [-0.1, -0.05) is 43.2 Å². The number of nitrogens with one attached hydrogen (secondary N) is 2. The molecule has 1 saturated heterocycles. The Kier molecular flexibility index (Phi) is 6.53. The van der Waals surface area contributed by atoms with Gasteiger partial charge in [-0.05, 0) is 50.3 Å². The molecule has 2 atom stereocenters. The van der Waals surface area contributed by atoms with Crippen LogP contribution in [0.1, 0.15) is 55.9 Å². The number of hydrogen-bond donors (Lipinski definition) is 2. The van der Waals surface area contributed by atoms with Gasteiger partial charge in [-0.2, -0.15) is 0 Å². The fraction of sp³-hybridized carbons (Fsp3) is 0.500. The standard InChI is InChI=1S/C24H31N3O3/c1-17(23(28)25-16-20-12-7-15-30-20)27(19-10-5-6-11-19)24(29)22-14-13-21(26-22)18-8-3-2-4-9-18/h2-4,8-9,13-14,17,19-20,26H,5-7,10-12,15-16H2,1H3,(H,25,28)/t17-,20+/m1/s1. The summed E-state index contributed by atoms with van der Waals surface area (Å²) in [6.45, 7) is 3.11. The molecule has 2 amide bonds. The Bertz CT molecular complexity index is 852. The van der Waals surface area contributed by atoms with E-state index in [1.54, 1.807) is 4.90 Å². The van der Waals surface area contributed by atoms with Crippen molar-refractivity contribution in [3.8, 4) is 11.3 Å². The molecule has 6 heteroatoms. The molecule has 2 fully saturated rings. The molecular weight excluding hydrogens is 378 g/mol. The van der Waals surface area contributed by atoms with Crippen LogP contribution in [0, 0.1) is 0 Å². The SMILES string of the molecule is C[C@H](C(=O)NC[C@@H]1CCCO1)N(C(=O)c1ccc(-c2ccccc2)[nH]1)C1CCCC1. The molecule has 0 unspecified atom stereocenters. The number of ether oxygens (including phenoxy) is 1. The molecule has 2 heterocycles. The van der Waals surface area contributed by atoms with Gasteiger partial charge >= 0.3 is 0 Å². The number of amides is 2. The van der Waals surface area contributed by atoms with Gasteiger partial charge in [0.1, 0.15) is 11.7 Å². The molecule has 0 bridgehead atoms. The van der Waals surface area contributed by atoms with Gasteiger partial charge in [0.15, 0.2) is 0 Å². The number of aromatic nitrogens is 1. The van der Waals surface area contributed by atoms with E-state index in [1.165, 1.54) is 0 Å². The number of hydrogen-bond acceptors (Lipinski definition) is 3. The van der Waals surface area contributed by atoms with Gasteiger partial charge in [-0.3, -0.25) is 9.59 Å². The Morgan fingerprint density at radius 1 is 1.10 bits per heavy atom. The molecule has 6 nitrogen and oxygen atoms in total. The molecule has 160 valence electrons. The van der Waals surface area contributed by atoms with E-state index in [-0.39, 0.29) is 24.0 Å². The molecule has 0 radical (unpaired) electrons. The van der Waals surface area contributed by atoms with Crippen molar-refractivity contribution in [2.75, 3.05) is 13.2 Å². The van der Waals surface area contributed by atoms with Crippen LogP contribution in [0.15, 0.2) is 42.5 Å². The second kappa shape index (κ2) is 9.47. The van der Waals surface area contributed by atoms with Gasteiger partial charge in [0.25, 0.3) is 5.91 Å². The number of nitrogens with zero attached hydrogens (tertiary/aromatic N) is 1. The molecule has 1 aliphatic heterocycles. The number of rotatable bonds is 7. The van der Waals surface area contributed by atoms with E-state index < -0.39 is 6.04 Å². The lowest BCUT2D eigenvalue weighted by Gasteiger charge is -2.33. The summed E-state index contributed by atoms with van der Waals surface area (Å²) >= 11 is 0. The van der Waals surface area contributed by atoms with E-state index in [4.69, 9.17) is 4.74 Å². The van der Waals surface area contributed by atoms with Crippen molar-refractivity contribution in [3.05, 3.63) is 48.2 Å². The number of aromatic amines is 1. The van der Waals surface area contributed by atoms with Crippen LogP contribution in [0.3, 0.4) is 0 Å². The minimum atomic E-state index is -0.523. The summed E-state index contributed by atoms with van der Waals surface area (Å²) in [5.41, 5.74) is 2.46. The maximum Gasteiger partial charge on any atom is 0.271 e.